The SMILES string of the molecule is CC(=O)Oc1cc(NC(=O)C(=Cc2ccccc2)C(F)(F)F)c2c3c1C[C@@H]1[C@@H]4CCC[C@H](O2)[C@]34CC[N+]1(C)C. The largest absolute Gasteiger partial charge is 0.487 e. The summed E-state index contributed by atoms with van der Waals surface area (Å²) in [6.45, 7) is 2.24. The number of hydrogen-bond acceptors (Lipinski definition) is 4. The number of esters is 1. The second-order valence-corrected chi connectivity index (χ2v) is 11.8. The van der Waals surface area contributed by atoms with Crippen LogP contribution < -0.4 is 14.8 Å². The van der Waals surface area contributed by atoms with Crippen LogP contribution in [0.25, 0.3) is 6.08 Å². The maximum Gasteiger partial charge on any atom is 0.421 e. The molecule has 2 aliphatic carbocycles. The third kappa shape index (κ3) is 4.04. The molecule has 0 unspecified atom stereocenters. The van der Waals surface area contributed by atoms with E-state index in [2.05, 4.69) is 19.4 Å². The van der Waals surface area contributed by atoms with E-state index in [9.17, 15) is 22.8 Å². The van der Waals surface area contributed by atoms with Crippen molar-refractivity contribution in [3.8, 4) is 11.5 Å². The van der Waals surface area contributed by atoms with Gasteiger partial charge in [-0.2, -0.15) is 13.2 Å². The number of likely N-dealkylation sites (N-methyl/N-ethyl adjacent to an activating group) is 1. The number of nitrogens with one attached hydrogen (secondary N) is 1. The van der Waals surface area contributed by atoms with E-state index in [-0.39, 0.29) is 28.5 Å². The van der Waals surface area contributed by atoms with Gasteiger partial charge in [0.1, 0.15) is 23.2 Å². The van der Waals surface area contributed by atoms with Gasteiger partial charge in [-0.3, -0.25) is 9.59 Å². The molecule has 6 rings (SSSR count). The molecule has 2 aliphatic heterocycles. The molecule has 39 heavy (non-hydrogen) atoms. The minimum atomic E-state index is -4.88. The molecule has 1 saturated carbocycles. The lowest BCUT2D eigenvalue weighted by Crippen LogP contribution is -2.69. The lowest BCUT2D eigenvalue weighted by Gasteiger charge is -2.59. The van der Waals surface area contributed by atoms with Gasteiger partial charge in [-0.15, -0.1) is 0 Å². The van der Waals surface area contributed by atoms with Gasteiger partial charge in [0.25, 0.3) is 5.91 Å². The number of piperidine rings is 1. The number of ether oxygens (including phenoxy) is 2. The summed E-state index contributed by atoms with van der Waals surface area (Å²) < 4.78 is 55.2. The van der Waals surface area contributed by atoms with Gasteiger partial charge in [0.2, 0.25) is 0 Å². The van der Waals surface area contributed by atoms with E-state index in [1.54, 1.807) is 18.2 Å². The number of anilines is 1. The quantitative estimate of drug-likeness (QED) is 0.244. The van der Waals surface area contributed by atoms with Crippen LogP contribution >= 0.6 is 0 Å². The van der Waals surface area contributed by atoms with E-state index in [0.29, 0.717) is 24.1 Å². The molecule has 1 saturated heterocycles. The first-order chi connectivity index (χ1) is 18.4. The van der Waals surface area contributed by atoms with Crippen molar-refractivity contribution in [2.75, 3.05) is 26.0 Å². The average Bonchev–Trinajstić information content (AvgIpc) is 3.20. The number of quaternary nitrogens is 1. The number of halogens is 3. The molecule has 4 atom stereocenters. The Morgan fingerprint density at radius 1 is 1.18 bits per heavy atom. The predicted octanol–water partition coefficient (Wildman–Crippen LogP) is 5.40. The Kier molecular flexibility index (Phi) is 5.88. The Labute approximate surface area is 225 Å². The molecular weight excluding hydrogens is 509 g/mol. The van der Waals surface area contributed by atoms with Crippen LogP contribution in [-0.2, 0) is 21.4 Å². The van der Waals surface area contributed by atoms with Gasteiger partial charge in [0.15, 0.2) is 0 Å². The zero-order chi connectivity index (χ0) is 27.7. The summed E-state index contributed by atoms with van der Waals surface area (Å²) in [4.78, 5) is 25.3. The van der Waals surface area contributed by atoms with Gasteiger partial charge >= 0.3 is 12.1 Å². The molecule has 2 bridgehead atoms. The van der Waals surface area contributed by atoms with E-state index in [4.69, 9.17) is 9.47 Å². The molecule has 1 amide bonds. The second kappa shape index (κ2) is 8.84. The minimum Gasteiger partial charge on any atom is -0.487 e. The number of nitrogens with zero attached hydrogens (tertiary/aromatic N) is 1. The summed E-state index contributed by atoms with van der Waals surface area (Å²) in [6, 6.07) is 9.69. The van der Waals surface area contributed by atoms with Crippen LogP contribution in [0.3, 0.4) is 0 Å². The third-order valence-corrected chi connectivity index (χ3v) is 9.33. The summed E-state index contributed by atoms with van der Waals surface area (Å²) in [5, 5.41) is 2.50. The molecule has 2 aromatic rings. The van der Waals surface area contributed by atoms with E-state index in [1.165, 1.54) is 25.1 Å². The van der Waals surface area contributed by atoms with Crippen LogP contribution in [0.15, 0.2) is 42.0 Å². The number of carbonyl (C=O) groups is 2. The molecule has 0 aromatic heterocycles. The summed E-state index contributed by atoms with van der Waals surface area (Å²) >= 11 is 0. The zero-order valence-corrected chi connectivity index (χ0v) is 22.2. The summed E-state index contributed by atoms with van der Waals surface area (Å²) in [5.41, 5.74) is 0.540. The minimum absolute atomic E-state index is 0.110. The molecule has 2 heterocycles. The van der Waals surface area contributed by atoms with Crippen molar-refractivity contribution < 1.29 is 36.7 Å². The first kappa shape index (κ1) is 25.9. The molecule has 2 fully saturated rings. The normalized spacial score (nSPS) is 28.3. The predicted molar refractivity (Wildman–Crippen MR) is 139 cm³/mol. The first-order valence-corrected chi connectivity index (χ1v) is 13.5. The van der Waals surface area contributed by atoms with Gasteiger partial charge in [-0.25, -0.2) is 0 Å². The Balaban J connectivity index is 1.49. The molecule has 6 nitrogen and oxygen atoms in total. The third-order valence-electron chi connectivity index (χ3n) is 9.33. The van der Waals surface area contributed by atoms with Crippen LogP contribution in [0.1, 0.15) is 49.3 Å². The summed E-state index contributed by atoms with van der Waals surface area (Å²) in [7, 11) is 4.47. The average molecular weight is 542 g/mol. The standard InChI is InChI=1S/C30H31F3N2O4/c1-17(36)38-24-16-22(34-28(37)21(30(31,32)33)14-18-8-5-4-6-9-18)27-26-19(24)15-23-20-10-7-11-25(39-27)29(20,26)12-13-35(23,2)3/h4-6,8-9,14,16,20,23,25H,7,10-13,15H2,1-3H3/p+1/t20-,23+,25-,29+/m0/s1. The second-order valence-electron chi connectivity index (χ2n) is 11.8. The highest BCUT2D eigenvalue weighted by atomic mass is 19.4. The molecule has 9 heteroatoms. The maximum absolute atomic E-state index is 14.1. The van der Waals surface area contributed by atoms with Crippen LogP contribution in [0.2, 0.25) is 0 Å². The van der Waals surface area contributed by atoms with Gasteiger partial charge in [0, 0.05) is 42.9 Å². The van der Waals surface area contributed by atoms with E-state index >= 15 is 0 Å². The Bertz CT molecular complexity index is 1380. The van der Waals surface area contributed by atoms with E-state index < -0.39 is 23.6 Å². The van der Waals surface area contributed by atoms with Crippen LogP contribution in [0.4, 0.5) is 18.9 Å². The van der Waals surface area contributed by atoms with Crippen molar-refractivity contribution in [1.29, 1.82) is 0 Å². The number of rotatable bonds is 4. The monoisotopic (exact) mass is 541 g/mol. The Hall–Kier alpha value is -3.33. The number of hydrogen-bond donors (Lipinski definition) is 1. The van der Waals surface area contributed by atoms with E-state index in [0.717, 1.165) is 53.9 Å². The fourth-order valence-corrected chi connectivity index (χ4v) is 7.68. The molecule has 206 valence electrons. The topological polar surface area (TPSA) is 64.6 Å². The maximum atomic E-state index is 14.1. The van der Waals surface area contributed by atoms with Gasteiger partial charge in [-0.1, -0.05) is 30.3 Å². The van der Waals surface area contributed by atoms with Gasteiger partial charge in [-0.05, 0) is 30.9 Å². The number of likely N-dealkylation sites (tertiary alicyclic amines) is 1. The van der Waals surface area contributed by atoms with Crippen molar-refractivity contribution in [2.24, 2.45) is 5.92 Å². The van der Waals surface area contributed by atoms with Crippen molar-refractivity contribution >= 4 is 23.6 Å². The molecule has 4 aliphatic rings. The van der Waals surface area contributed by atoms with Gasteiger partial charge in [0.05, 0.1) is 37.8 Å². The van der Waals surface area contributed by atoms with Crippen LogP contribution in [-0.4, -0.2) is 55.3 Å². The highest BCUT2D eigenvalue weighted by Gasteiger charge is 2.67. The highest BCUT2D eigenvalue weighted by molar-refractivity contribution is 6.08. The Morgan fingerprint density at radius 2 is 1.92 bits per heavy atom. The van der Waals surface area contributed by atoms with Crippen molar-refractivity contribution in [3.63, 3.8) is 0 Å². The Morgan fingerprint density at radius 3 is 2.62 bits per heavy atom. The number of carbonyl (C=O) groups excluding carboxylic acids is 2. The van der Waals surface area contributed by atoms with Crippen molar-refractivity contribution in [3.05, 3.63) is 58.7 Å². The zero-order valence-electron chi connectivity index (χ0n) is 22.2. The molecular formula is C30H32F3N2O4+. The number of benzene rings is 2. The fourth-order valence-electron chi connectivity index (χ4n) is 7.68. The number of alkyl halides is 3. The first-order valence-electron chi connectivity index (χ1n) is 13.5. The molecule has 1 N–H and O–H groups in total. The summed E-state index contributed by atoms with van der Waals surface area (Å²) in [5.74, 6) is -0.761. The lowest BCUT2D eigenvalue weighted by atomic mass is 9.51. The number of amides is 1. The van der Waals surface area contributed by atoms with E-state index in [1.807, 2.05) is 0 Å². The molecule has 0 radical (unpaired) electrons. The van der Waals surface area contributed by atoms with Crippen LogP contribution in [0.5, 0.6) is 11.5 Å². The van der Waals surface area contributed by atoms with Crippen LogP contribution in [0, 0.1) is 5.92 Å². The molecule has 2 aromatic carbocycles. The van der Waals surface area contributed by atoms with Crippen molar-refractivity contribution in [2.45, 2.75) is 62.8 Å². The highest BCUT2D eigenvalue weighted by Crippen LogP contribution is 2.65. The van der Waals surface area contributed by atoms with Crippen molar-refractivity contribution in [1.82, 2.24) is 0 Å². The lowest BCUT2D eigenvalue weighted by molar-refractivity contribution is -0.927. The van der Waals surface area contributed by atoms with Gasteiger partial charge < -0.3 is 19.3 Å². The smallest absolute Gasteiger partial charge is 0.421 e. The fraction of sp³-hybridized carbons (Fsp3) is 0.467. The summed E-state index contributed by atoms with van der Waals surface area (Å²) in [6.07, 6.45) is 0.255. The molecule has 1 spiro atoms.